The molecule has 27 heavy (non-hydrogen) atoms. The standard InChI is InChI=1S/C22H24O3S2/c1-21(2,3)20(23)25-18-11-14-9-10-22(16(14)12-17(18)24-4)26-13-15-7-5-6-8-19(15)27-22/h5-8,11-12H,9-10,13H2,1-4H3. The van der Waals surface area contributed by atoms with Crippen molar-refractivity contribution in [3.63, 3.8) is 0 Å². The summed E-state index contributed by atoms with van der Waals surface area (Å²) in [6.07, 6.45) is 2.06. The largest absolute Gasteiger partial charge is 0.493 e. The molecule has 0 amide bonds. The first-order chi connectivity index (χ1) is 12.8. The minimum Gasteiger partial charge on any atom is -0.493 e. The van der Waals surface area contributed by atoms with Gasteiger partial charge in [-0.3, -0.25) is 4.79 Å². The molecule has 0 saturated carbocycles. The lowest BCUT2D eigenvalue weighted by atomic mass is 9.97. The molecule has 3 nitrogen and oxygen atoms in total. The molecule has 0 bridgehead atoms. The van der Waals surface area contributed by atoms with E-state index in [-0.39, 0.29) is 10.0 Å². The molecule has 0 fully saturated rings. The summed E-state index contributed by atoms with van der Waals surface area (Å²) >= 11 is 3.95. The minimum absolute atomic E-state index is 0.0174. The van der Waals surface area contributed by atoms with Gasteiger partial charge >= 0.3 is 5.97 Å². The van der Waals surface area contributed by atoms with Crippen molar-refractivity contribution in [1.82, 2.24) is 0 Å². The second-order valence-corrected chi connectivity index (χ2v) is 10.9. The summed E-state index contributed by atoms with van der Waals surface area (Å²) in [6, 6.07) is 12.8. The van der Waals surface area contributed by atoms with Crippen molar-refractivity contribution in [1.29, 1.82) is 0 Å². The van der Waals surface area contributed by atoms with Gasteiger partial charge in [0.05, 0.1) is 16.6 Å². The van der Waals surface area contributed by atoms with E-state index in [2.05, 4.69) is 30.3 Å². The Balaban J connectivity index is 1.70. The van der Waals surface area contributed by atoms with Gasteiger partial charge in [-0.25, -0.2) is 0 Å². The van der Waals surface area contributed by atoms with E-state index in [0.717, 1.165) is 18.6 Å². The number of fused-ring (bicyclic) bond motifs is 3. The number of esters is 1. The van der Waals surface area contributed by atoms with Gasteiger partial charge in [-0.05, 0) is 68.5 Å². The lowest BCUT2D eigenvalue weighted by Gasteiger charge is -2.34. The summed E-state index contributed by atoms with van der Waals surface area (Å²) < 4.78 is 11.3. The van der Waals surface area contributed by atoms with Crippen LogP contribution >= 0.6 is 23.5 Å². The van der Waals surface area contributed by atoms with Crippen LogP contribution < -0.4 is 9.47 Å². The average molecular weight is 401 g/mol. The van der Waals surface area contributed by atoms with E-state index in [1.807, 2.05) is 50.4 Å². The summed E-state index contributed by atoms with van der Waals surface area (Å²) in [5.41, 5.74) is 3.42. The van der Waals surface area contributed by atoms with Crippen LogP contribution in [0.3, 0.4) is 0 Å². The summed E-state index contributed by atoms with van der Waals surface area (Å²) in [5.74, 6) is 1.93. The van der Waals surface area contributed by atoms with E-state index >= 15 is 0 Å². The zero-order valence-corrected chi connectivity index (χ0v) is 17.8. The zero-order valence-electron chi connectivity index (χ0n) is 16.1. The Hall–Kier alpha value is -1.59. The maximum atomic E-state index is 12.3. The third kappa shape index (κ3) is 3.36. The number of thioether (sulfide) groups is 2. The van der Waals surface area contributed by atoms with Crippen molar-refractivity contribution in [2.75, 3.05) is 7.11 Å². The van der Waals surface area contributed by atoms with Crippen LogP contribution in [0.1, 0.15) is 43.9 Å². The Labute approximate surface area is 169 Å². The highest BCUT2D eigenvalue weighted by atomic mass is 32.2. The normalized spacial score (nSPS) is 20.9. The Morgan fingerprint density at radius 1 is 1.11 bits per heavy atom. The molecule has 2 aromatic rings. The maximum absolute atomic E-state index is 12.3. The van der Waals surface area contributed by atoms with Crippen molar-refractivity contribution < 1.29 is 14.3 Å². The molecule has 142 valence electrons. The topological polar surface area (TPSA) is 35.5 Å². The van der Waals surface area contributed by atoms with E-state index in [1.165, 1.54) is 21.6 Å². The van der Waals surface area contributed by atoms with Crippen LogP contribution in [0.15, 0.2) is 41.3 Å². The molecular formula is C22H24O3S2. The number of methoxy groups -OCH3 is 1. The van der Waals surface area contributed by atoms with E-state index < -0.39 is 5.41 Å². The number of aryl methyl sites for hydroxylation is 1. The van der Waals surface area contributed by atoms with Gasteiger partial charge in [-0.2, -0.15) is 0 Å². The van der Waals surface area contributed by atoms with E-state index in [9.17, 15) is 4.79 Å². The molecule has 2 aliphatic rings. The third-order valence-corrected chi connectivity index (χ3v) is 8.37. The van der Waals surface area contributed by atoms with Crippen LogP contribution in [0.25, 0.3) is 0 Å². The van der Waals surface area contributed by atoms with Crippen molar-refractivity contribution in [3.8, 4) is 11.5 Å². The lowest BCUT2D eigenvalue weighted by molar-refractivity contribution is -0.143. The highest BCUT2D eigenvalue weighted by Gasteiger charge is 2.44. The molecule has 4 rings (SSSR count). The van der Waals surface area contributed by atoms with Crippen molar-refractivity contribution in [3.05, 3.63) is 53.1 Å². The lowest BCUT2D eigenvalue weighted by Crippen LogP contribution is -2.26. The van der Waals surface area contributed by atoms with Crippen LogP contribution in [0.4, 0.5) is 0 Å². The number of rotatable bonds is 2. The molecule has 2 aromatic carbocycles. The van der Waals surface area contributed by atoms with Crippen LogP contribution in [0.5, 0.6) is 11.5 Å². The van der Waals surface area contributed by atoms with E-state index in [4.69, 9.17) is 9.47 Å². The second kappa shape index (κ2) is 6.78. The Bertz CT molecular complexity index is 901. The third-order valence-electron chi connectivity index (χ3n) is 5.05. The molecule has 1 aliphatic heterocycles. The number of hydrogen-bond donors (Lipinski definition) is 0. The fourth-order valence-corrected chi connectivity index (χ4v) is 6.75. The molecule has 0 aromatic heterocycles. The number of ether oxygens (including phenoxy) is 2. The molecule has 5 heteroatoms. The summed E-state index contributed by atoms with van der Waals surface area (Å²) in [4.78, 5) is 13.7. The molecular weight excluding hydrogens is 376 g/mol. The Morgan fingerprint density at radius 2 is 1.89 bits per heavy atom. The zero-order chi connectivity index (χ0) is 19.2. The van der Waals surface area contributed by atoms with Crippen molar-refractivity contribution in [2.24, 2.45) is 5.41 Å². The maximum Gasteiger partial charge on any atom is 0.316 e. The average Bonchev–Trinajstić information content (AvgIpc) is 2.97. The van der Waals surface area contributed by atoms with E-state index in [0.29, 0.717) is 11.5 Å². The first-order valence-electron chi connectivity index (χ1n) is 9.17. The van der Waals surface area contributed by atoms with Gasteiger partial charge in [-0.15, -0.1) is 23.5 Å². The number of benzene rings is 2. The number of carbonyl (C=O) groups is 1. The van der Waals surface area contributed by atoms with Crippen LogP contribution in [-0.2, 0) is 21.0 Å². The minimum atomic E-state index is -0.552. The van der Waals surface area contributed by atoms with Gasteiger partial charge < -0.3 is 9.47 Å². The number of hydrogen-bond acceptors (Lipinski definition) is 5. The molecule has 0 saturated heterocycles. The molecule has 1 heterocycles. The smallest absolute Gasteiger partial charge is 0.316 e. The van der Waals surface area contributed by atoms with Crippen molar-refractivity contribution >= 4 is 29.5 Å². The highest BCUT2D eigenvalue weighted by Crippen LogP contribution is 2.62. The van der Waals surface area contributed by atoms with Gasteiger partial charge in [0.1, 0.15) is 0 Å². The van der Waals surface area contributed by atoms with Gasteiger partial charge in [-0.1, -0.05) is 18.2 Å². The van der Waals surface area contributed by atoms with Gasteiger partial charge in [0.15, 0.2) is 11.5 Å². The second-order valence-electron chi connectivity index (χ2n) is 8.05. The fraction of sp³-hybridized carbons (Fsp3) is 0.409. The molecule has 0 radical (unpaired) electrons. The van der Waals surface area contributed by atoms with Crippen LogP contribution in [0.2, 0.25) is 0 Å². The van der Waals surface area contributed by atoms with Crippen LogP contribution in [-0.4, -0.2) is 13.1 Å². The number of carbonyl (C=O) groups excluding carboxylic acids is 1. The fourth-order valence-electron chi connectivity index (χ4n) is 3.47. The monoisotopic (exact) mass is 400 g/mol. The van der Waals surface area contributed by atoms with Gasteiger partial charge in [0.2, 0.25) is 0 Å². The Morgan fingerprint density at radius 3 is 2.63 bits per heavy atom. The van der Waals surface area contributed by atoms with Gasteiger partial charge in [0, 0.05) is 10.6 Å². The van der Waals surface area contributed by atoms with Gasteiger partial charge in [0.25, 0.3) is 0 Å². The Kier molecular flexibility index (Phi) is 4.71. The first kappa shape index (κ1) is 18.8. The van der Waals surface area contributed by atoms with Crippen molar-refractivity contribution in [2.45, 2.75) is 48.3 Å². The molecule has 1 atom stereocenters. The quantitative estimate of drug-likeness (QED) is 0.471. The molecule has 1 spiro atoms. The predicted octanol–water partition coefficient (Wildman–Crippen LogP) is 5.78. The van der Waals surface area contributed by atoms with Crippen LogP contribution in [0, 0.1) is 5.41 Å². The highest BCUT2D eigenvalue weighted by molar-refractivity contribution is 8.17. The summed E-state index contributed by atoms with van der Waals surface area (Å²) in [7, 11) is 1.63. The summed E-state index contributed by atoms with van der Waals surface area (Å²) in [5, 5.41) is 0. The molecule has 1 aliphatic carbocycles. The molecule has 0 N–H and O–H groups in total. The predicted molar refractivity (Wildman–Crippen MR) is 112 cm³/mol. The summed E-state index contributed by atoms with van der Waals surface area (Å²) in [6.45, 7) is 5.57. The first-order valence-corrected chi connectivity index (χ1v) is 11.0. The van der Waals surface area contributed by atoms with E-state index in [1.54, 1.807) is 7.11 Å². The SMILES string of the molecule is COc1cc2c(cc1OC(=O)C(C)(C)C)CCC21SCc2ccccc2S1. The molecule has 1 unspecified atom stereocenters.